The number of carbonyl (C=O) groups excluding carboxylic acids is 1. The number of imidazole rings is 1. The summed E-state index contributed by atoms with van der Waals surface area (Å²) in [5.74, 6) is 1.05. The Morgan fingerprint density at radius 3 is 2.54 bits per heavy atom. The number of fused-ring (bicyclic) bond motifs is 1. The van der Waals surface area contributed by atoms with Gasteiger partial charge in [-0.2, -0.15) is 0 Å². The Labute approximate surface area is 188 Å². The number of rotatable bonds is 4. The predicted molar refractivity (Wildman–Crippen MR) is 108 cm³/mol. The molecule has 0 bridgehead atoms. The average Bonchev–Trinajstić information content (AvgIpc) is 3.23. The van der Waals surface area contributed by atoms with Crippen molar-refractivity contribution in [3.8, 4) is 11.3 Å². The normalized spacial score (nSPS) is 12.4. The molecule has 1 aromatic heterocycles. The highest BCUT2D eigenvalue weighted by atomic mass is 79.9. The van der Waals surface area contributed by atoms with Crippen molar-refractivity contribution in [1.29, 1.82) is 0 Å². The van der Waals surface area contributed by atoms with Gasteiger partial charge in [0.1, 0.15) is 6.20 Å². The maximum atomic E-state index is 12.5. The molecule has 4 rings (SSSR count). The molecule has 1 aliphatic rings. The number of nitrogens with one attached hydrogen (secondary N) is 1. The third-order valence-electron chi connectivity index (χ3n) is 4.65. The quantitative estimate of drug-likeness (QED) is 0.546. The van der Waals surface area contributed by atoms with E-state index in [2.05, 4.69) is 9.88 Å². The topological polar surface area (TPSA) is 37.9 Å². The van der Waals surface area contributed by atoms with Gasteiger partial charge in [0.05, 0.1) is 23.0 Å². The monoisotopic (exact) mass is 499 g/mol. The highest BCUT2D eigenvalue weighted by Gasteiger charge is 2.29. The first kappa shape index (κ1) is 21.2. The zero-order valence-electron chi connectivity index (χ0n) is 14.8. The third kappa shape index (κ3) is 4.38. The zero-order valence-corrected chi connectivity index (χ0v) is 18.6. The van der Waals surface area contributed by atoms with E-state index in [4.69, 9.17) is 34.8 Å². The van der Waals surface area contributed by atoms with Crippen LogP contribution in [0, 0.1) is 0 Å². The van der Waals surface area contributed by atoms with Gasteiger partial charge in [0.15, 0.2) is 12.2 Å². The molecule has 0 fully saturated rings. The van der Waals surface area contributed by atoms with Crippen LogP contribution in [0.1, 0.15) is 12.2 Å². The molecular weight excluding hydrogens is 485 g/mol. The highest BCUT2D eigenvalue weighted by Crippen LogP contribution is 2.27. The predicted octanol–water partition coefficient (Wildman–Crippen LogP) is 1.99. The highest BCUT2D eigenvalue weighted by molar-refractivity contribution is 6.42. The molecule has 1 aliphatic heterocycles. The molecule has 3 aromatic rings. The van der Waals surface area contributed by atoms with E-state index in [0.29, 0.717) is 20.8 Å². The maximum absolute atomic E-state index is 12.5. The van der Waals surface area contributed by atoms with Crippen LogP contribution in [0.3, 0.4) is 0 Å². The minimum absolute atomic E-state index is 0. The molecule has 0 radical (unpaired) electrons. The lowest BCUT2D eigenvalue weighted by Gasteiger charge is -2.05. The van der Waals surface area contributed by atoms with E-state index < -0.39 is 0 Å². The van der Waals surface area contributed by atoms with Crippen molar-refractivity contribution in [3.63, 3.8) is 0 Å². The van der Waals surface area contributed by atoms with Gasteiger partial charge in [0, 0.05) is 16.3 Å². The fourth-order valence-corrected chi connectivity index (χ4v) is 3.85. The number of carbonyl (C=O) groups is 1. The van der Waals surface area contributed by atoms with Crippen LogP contribution in [-0.4, -0.2) is 10.5 Å². The summed E-state index contributed by atoms with van der Waals surface area (Å²) in [6, 6.07) is 12.8. The Morgan fingerprint density at radius 2 is 1.82 bits per heavy atom. The Balaban J connectivity index is 0.00000225. The van der Waals surface area contributed by atoms with Gasteiger partial charge in [-0.05, 0) is 48.9 Å². The molecule has 1 amide bonds. The van der Waals surface area contributed by atoms with Crippen LogP contribution in [0.2, 0.25) is 15.1 Å². The standard InChI is InChI=1S/C20H16Cl3N3O.BrH/c21-14-5-3-13(4-6-14)18-11-25(20-2-1-9-26(18)20)12-19(27)24-15-7-8-16(22)17(23)10-15;/h3-8,10-11H,1-2,9,12H2;1H. The molecule has 146 valence electrons. The lowest BCUT2D eigenvalue weighted by molar-refractivity contribution is -0.690. The van der Waals surface area contributed by atoms with E-state index >= 15 is 0 Å². The number of hydrogen-bond donors (Lipinski definition) is 1. The molecule has 2 aromatic carbocycles. The van der Waals surface area contributed by atoms with Crippen LogP contribution < -0.4 is 26.9 Å². The Morgan fingerprint density at radius 1 is 1.07 bits per heavy atom. The van der Waals surface area contributed by atoms with Gasteiger partial charge in [0.25, 0.3) is 11.7 Å². The Kier molecular flexibility index (Phi) is 6.71. The summed E-state index contributed by atoms with van der Waals surface area (Å²) in [6.07, 6.45) is 4.06. The van der Waals surface area contributed by atoms with Crippen molar-refractivity contribution in [2.45, 2.75) is 25.9 Å². The van der Waals surface area contributed by atoms with E-state index in [1.807, 2.05) is 35.0 Å². The Bertz CT molecular complexity index is 1020. The number of aromatic nitrogens is 2. The van der Waals surface area contributed by atoms with Gasteiger partial charge in [0.2, 0.25) is 0 Å². The average molecular weight is 502 g/mol. The first-order valence-electron chi connectivity index (χ1n) is 8.64. The number of amides is 1. The lowest BCUT2D eigenvalue weighted by atomic mass is 10.2. The molecule has 8 heteroatoms. The molecule has 0 saturated heterocycles. The molecule has 28 heavy (non-hydrogen) atoms. The van der Waals surface area contributed by atoms with Crippen LogP contribution >= 0.6 is 34.8 Å². The second kappa shape index (κ2) is 8.87. The number of benzene rings is 2. The molecule has 0 aliphatic carbocycles. The van der Waals surface area contributed by atoms with E-state index in [1.165, 1.54) is 0 Å². The third-order valence-corrected chi connectivity index (χ3v) is 5.64. The first-order valence-corrected chi connectivity index (χ1v) is 9.77. The van der Waals surface area contributed by atoms with Crippen molar-refractivity contribution in [3.05, 3.63) is 69.6 Å². The fraction of sp³-hybridized carbons (Fsp3) is 0.200. The summed E-state index contributed by atoms with van der Waals surface area (Å²) >= 11 is 17.9. The number of halogens is 4. The van der Waals surface area contributed by atoms with Gasteiger partial charge < -0.3 is 22.3 Å². The van der Waals surface area contributed by atoms with Crippen LogP contribution in [0.25, 0.3) is 11.3 Å². The van der Waals surface area contributed by atoms with Crippen molar-refractivity contribution >= 4 is 46.4 Å². The summed E-state index contributed by atoms with van der Waals surface area (Å²) in [7, 11) is 0. The molecule has 2 heterocycles. The van der Waals surface area contributed by atoms with Crippen LogP contribution in [-0.2, 0) is 24.3 Å². The van der Waals surface area contributed by atoms with Gasteiger partial charge in [-0.25, -0.2) is 9.13 Å². The molecule has 4 nitrogen and oxygen atoms in total. The molecule has 0 spiro atoms. The molecule has 0 saturated carbocycles. The van der Waals surface area contributed by atoms with Crippen molar-refractivity contribution in [2.24, 2.45) is 0 Å². The molecular formula is C20H17BrCl3N3O. The van der Waals surface area contributed by atoms with E-state index in [-0.39, 0.29) is 29.4 Å². The number of hydrogen-bond acceptors (Lipinski definition) is 1. The maximum Gasteiger partial charge on any atom is 0.266 e. The van der Waals surface area contributed by atoms with Gasteiger partial charge in [-0.1, -0.05) is 34.8 Å². The SMILES string of the molecule is O=C(C[n+]1cc(-c2ccc(Cl)cc2)n2c1CCC2)Nc1ccc(Cl)c(Cl)c1.[Br-]. The van der Waals surface area contributed by atoms with E-state index in [1.54, 1.807) is 18.2 Å². The van der Waals surface area contributed by atoms with Crippen LogP contribution in [0.4, 0.5) is 5.69 Å². The molecule has 0 atom stereocenters. The summed E-state index contributed by atoms with van der Waals surface area (Å²) < 4.78 is 4.29. The largest absolute Gasteiger partial charge is 1.00 e. The number of nitrogens with zero attached hydrogens (tertiary/aromatic N) is 2. The zero-order chi connectivity index (χ0) is 19.0. The van der Waals surface area contributed by atoms with E-state index in [0.717, 1.165) is 36.5 Å². The van der Waals surface area contributed by atoms with Gasteiger partial charge in [-0.3, -0.25) is 4.79 Å². The summed E-state index contributed by atoms with van der Waals surface area (Å²) in [5.41, 5.74) is 2.82. The van der Waals surface area contributed by atoms with Crippen LogP contribution in [0.5, 0.6) is 0 Å². The summed E-state index contributed by atoms with van der Waals surface area (Å²) in [5, 5.41) is 4.46. The summed E-state index contributed by atoms with van der Waals surface area (Å²) in [6.45, 7) is 1.19. The minimum Gasteiger partial charge on any atom is -1.00 e. The minimum atomic E-state index is -0.110. The second-order valence-corrected chi connectivity index (χ2v) is 7.75. The van der Waals surface area contributed by atoms with Gasteiger partial charge in [-0.15, -0.1) is 0 Å². The fourth-order valence-electron chi connectivity index (χ4n) is 3.43. The van der Waals surface area contributed by atoms with Crippen molar-refractivity contribution < 1.29 is 26.3 Å². The van der Waals surface area contributed by atoms with Gasteiger partial charge >= 0.3 is 0 Å². The van der Waals surface area contributed by atoms with Crippen molar-refractivity contribution in [1.82, 2.24) is 4.57 Å². The first-order chi connectivity index (χ1) is 13.0. The van der Waals surface area contributed by atoms with Crippen molar-refractivity contribution in [2.75, 3.05) is 5.32 Å². The second-order valence-electron chi connectivity index (χ2n) is 6.50. The Hall–Kier alpha value is -1.53. The van der Waals surface area contributed by atoms with E-state index in [9.17, 15) is 4.79 Å². The molecule has 0 unspecified atom stereocenters. The van der Waals surface area contributed by atoms with Crippen LogP contribution in [0.15, 0.2) is 48.7 Å². The summed E-state index contributed by atoms with van der Waals surface area (Å²) in [4.78, 5) is 12.5. The smallest absolute Gasteiger partial charge is 0.266 e. The molecule has 1 N–H and O–H groups in total. The lowest BCUT2D eigenvalue weighted by Crippen LogP contribution is -3.00. The number of anilines is 1.